The second-order valence-corrected chi connectivity index (χ2v) is 6.10. The minimum atomic E-state index is -0.568. The highest BCUT2D eigenvalue weighted by Gasteiger charge is 2.30. The summed E-state index contributed by atoms with van der Waals surface area (Å²) in [7, 11) is 0. The lowest BCUT2D eigenvalue weighted by molar-refractivity contribution is 0.0919. The number of hydrogen-bond acceptors (Lipinski definition) is 2. The van der Waals surface area contributed by atoms with E-state index in [4.69, 9.17) is 0 Å². The highest BCUT2D eigenvalue weighted by Crippen LogP contribution is 2.29. The van der Waals surface area contributed by atoms with Gasteiger partial charge in [0, 0.05) is 5.38 Å². The minimum absolute atomic E-state index is 0.0588. The molecule has 22 heavy (non-hydrogen) atoms. The molecule has 0 fully saturated rings. The summed E-state index contributed by atoms with van der Waals surface area (Å²) in [5, 5.41) is 6.98. The summed E-state index contributed by atoms with van der Waals surface area (Å²) in [6, 6.07) is 22.0. The number of rotatable bonds is 4. The molecule has 0 radical (unpaired) electrons. The van der Waals surface area contributed by atoms with Crippen LogP contribution >= 0.6 is 11.3 Å². The second-order valence-electron chi connectivity index (χ2n) is 5.32. The molecular weight excluding hydrogens is 290 g/mol. The van der Waals surface area contributed by atoms with Gasteiger partial charge in [-0.05, 0) is 29.5 Å². The molecule has 0 saturated heterocycles. The summed E-state index contributed by atoms with van der Waals surface area (Å²) in [5.74, 6) is -0.0588. The van der Waals surface area contributed by atoms with Gasteiger partial charge in [-0.15, -0.1) is 0 Å². The first-order valence-electron chi connectivity index (χ1n) is 7.16. The Morgan fingerprint density at radius 3 is 1.91 bits per heavy atom. The predicted octanol–water partition coefficient (Wildman–Crippen LogP) is 4.44. The van der Waals surface area contributed by atoms with Crippen molar-refractivity contribution in [2.24, 2.45) is 0 Å². The molecule has 0 aliphatic rings. The summed E-state index contributed by atoms with van der Waals surface area (Å²) >= 11 is 1.52. The van der Waals surface area contributed by atoms with Crippen molar-refractivity contribution in [2.45, 2.75) is 12.5 Å². The zero-order chi connectivity index (χ0) is 15.4. The number of hydrogen-bond donors (Lipinski definition) is 1. The maximum atomic E-state index is 12.6. The molecular formula is C19H17NOS. The smallest absolute Gasteiger partial charge is 0.253 e. The monoisotopic (exact) mass is 307 g/mol. The van der Waals surface area contributed by atoms with Crippen molar-refractivity contribution in [3.8, 4) is 0 Å². The first-order valence-corrected chi connectivity index (χ1v) is 8.10. The van der Waals surface area contributed by atoms with Crippen LogP contribution in [-0.4, -0.2) is 5.91 Å². The van der Waals surface area contributed by atoms with Gasteiger partial charge in [0.15, 0.2) is 0 Å². The van der Waals surface area contributed by atoms with Crippen molar-refractivity contribution in [1.29, 1.82) is 0 Å². The summed E-state index contributed by atoms with van der Waals surface area (Å²) in [5.41, 5.74) is 2.25. The second kappa shape index (κ2) is 6.16. The zero-order valence-electron chi connectivity index (χ0n) is 12.3. The number of nitrogens with one attached hydrogen (secondary N) is 1. The van der Waals surface area contributed by atoms with Gasteiger partial charge < -0.3 is 5.32 Å². The lowest BCUT2D eigenvalue weighted by Crippen LogP contribution is -2.44. The van der Waals surface area contributed by atoms with Crippen molar-refractivity contribution >= 4 is 17.2 Å². The fourth-order valence-electron chi connectivity index (χ4n) is 2.55. The summed E-state index contributed by atoms with van der Waals surface area (Å²) in [6.45, 7) is 2.04. The Labute approximate surface area is 134 Å². The first-order chi connectivity index (χ1) is 10.7. The van der Waals surface area contributed by atoms with E-state index in [1.54, 1.807) is 0 Å². The molecule has 0 aliphatic heterocycles. The topological polar surface area (TPSA) is 29.1 Å². The van der Waals surface area contributed by atoms with Crippen LogP contribution < -0.4 is 5.32 Å². The highest BCUT2D eigenvalue weighted by atomic mass is 32.1. The molecule has 0 saturated carbocycles. The van der Waals surface area contributed by atoms with E-state index in [0.717, 1.165) is 11.1 Å². The number of carbonyl (C=O) groups is 1. The van der Waals surface area contributed by atoms with Gasteiger partial charge >= 0.3 is 0 Å². The van der Waals surface area contributed by atoms with E-state index >= 15 is 0 Å². The number of amides is 1. The molecule has 0 bridgehead atoms. The highest BCUT2D eigenvalue weighted by molar-refractivity contribution is 7.08. The van der Waals surface area contributed by atoms with Gasteiger partial charge in [-0.25, -0.2) is 0 Å². The molecule has 1 N–H and O–H groups in total. The maximum Gasteiger partial charge on any atom is 0.253 e. The van der Waals surface area contributed by atoms with Crippen LogP contribution in [0.5, 0.6) is 0 Å². The van der Waals surface area contributed by atoms with Gasteiger partial charge in [0.25, 0.3) is 5.91 Å². The van der Waals surface area contributed by atoms with E-state index in [0.29, 0.717) is 5.56 Å². The van der Waals surface area contributed by atoms with Crippen LogP contribution in [0.25, 0.3) is 0 Å². The average molecular weight is 307 g/mol. The van der Waals surface area contributed by atoms with Crippen LogP contribution in [0.3, 0.4) is 0 Å². The fraction of sp³-hybridized carbons (Fsp3) is 0.105. The Morgan fingerprint density at radius 2 is 1.45 bits per heavy atom. The standard InChI is InChI=1S/C19H17NOS/c1-19(16-8-4-2-5-9-16,17-10-6-3-7-11-17)20-18(21)15-12-13-22-14-15/h2-14H,1H3,(H,20,21). The van der Waals surface area contributed by atoms with Gasteiger partial charge in [-0.3, -0.25) is 4.79 Å². The Bertz CT molecular complexity index is 696. The normalized spacial score (nSPS) is 11.1. The van der Waals surface area contributed by atoms with Crippen LogP contribution in [0.1, 0.15) is 28.4 Å². The molecule has 0 atom stereocenters. The van der Waals surface area contributed by atoms with Gasteiger partial charge in [0.05, 0.1) is 11.1 Å². The Kier molecular flexibility index (Phi) is 4.07. The molecule has 3 rings (SSSR count). The van der Waals surface area contributed by atoms with E-state index in [1.165, 1.54) is 11.3 Å². The lowest BCUT2D eigenvalue weighted by Gasteiger charge is -2.32. The number of carbonyl (C=O) groups excluding carboxylic acids is 1. The first kappa shape index (κ1) is 14.5. The summed E-state index contributed by atoms with van der Waals surface area (Å²) < 4.78 is 0. The van der Waals surface area contributed by atoms with Crippen LogP contribution in [0.15, 0.2) is 77.5 Å². The summed E-state index contributed by atoms with van der Waals surface area (Å²) in [4.78, 5) is 12.6. The molecule has 3 aromatic rings. The van der Waals surface area contributed by atoms with E-state index in [-0.39, 0.29) is 5.91 Å². The van der Waals surface area contributed by atoms with Gasteiger partial charge in [-0.2, -0.15) is 11.3 Å². The molecule has 1 amide bonds. The third-order valence-corrected chi connectivity index (χ3v) is 4.53. The Morgan fingerprint density at radius 1 is 0.909 bits per heavy atom. The van der Waals surface area contributed by atoms with Crippen LogP contribution in [-0.2, 0) is 5.54 Å². The SMILES string of the molecule is CC(NC(=O)c1ccsc1)(c1ccccc1)c1ccccc1. The molecule has 2 aromatic carbocycles. The average Bonchev–Trinajstić information content (AvgIpc) is 3.11. The van der Waals surface area contributed by atoms with E-state index < -0.39 is 5.54 Å². The number of benzene rings is 2. The van der Waals surface area contributed by atoms with Crippen molar-refractivity contribution in [3.63, 3.8) is 0 Å². The molecule has 2 nitrogen and oxygen atoms in total. The largest absolute Gasteiger partial charge is 0.339 e. The van der Waals surface area contributed by atoms with Crippen molar-refractivity contribution in [1.82, 2.24) is 5.32 Å². The Balaban J connectivity index is 2.02. The van der Waals surface area contributed by atoms with E-state index in [2.05, 4.69) is 5.32 Å². The van der Waals surface area contributed by atoms with E-state index in [9.17, 15) is 4.79 Å². The maximum absolute atomic E-state index is 12.6. The molecule has 0 unspecified atom stereocenters. The van der Waals surface area contributed by atoms with Crippen LogP contribution in [0.4, 0.5) is 0 Å². The van der Waals surface area contributed by atoms with Gasteiger partial charge in [0.2, 0.25) is 0 Å². The molecule has 0 spiro atoms. The molecule has 110 valence electrons. The molecule has 0 aliphatic carbocycles. The van der Waals surface area contributed by atoms with Crippen LogP contribution in [0.2, 0.25) is 0 Å². The lowest BCUT2D eigenvalue weighted by atomic mass is 9.84. The zero-order valence-corrected chi connectivity index (χ0v) is 13.1. The minimum Gasteiger partial charge on any atom is -0.339 e. The van der Waals surface area contributed by atoms with Crippen LogP contribution in [0, 0.1) is 0 Å². The quantitative estimate of drug-likeness (QED) is 0.758. The third kappa shape index (κ3) is 2.81. The molecule has 1 heterocycles. The van der Waals surface area contributed by atoms with Gasteiger partial charge in [0.1, 0.15) is 0 Å². The van der Waals surface area contributed by atoms with Gasteiger partial charge in [-0.1, -0.05) is 60.7 Å². The molecule has 1 aromatic heterocycles. The summed E-state index contributed by atoms with van der Waals surface area (Å²) in [6.07, 6.45) is 0. The predicted molar refractivity (Wildman–Crippen MR) is 91.1 cm³/mol. The van der Waals surface area contributed by atoms with Crippen molar-refractivity contribution in [3.05, 3.63) is 94.2 Å². The number of thiophene rings is 1. The molecule has 3 heteroatoms. The Hall–Kier alpha value is -2.39. The van der Waals surface area contributed by atoms with E-state index in [1.807, 2.05) is 84.4 Å². The van der Waals surface area contributed by atoms with Crippen molar-refractivity contribution < 1.29 is 4.79 Å². The fourth-order valence-corrected chi connectivity index (χ4v) is 3.18. The van der Waals surface area contributed by atoms with Crippen molar-refractivity contribution in [2.75, 3.05) is 0 Å². The third-order valence-electron chi connectivity index (χ3n) is 3.85.